The molecule has 3 nitrogen and oxygen atoms in total. The van der Waals surface area contributed by atoms with Crippen molar-refractivity contribution in [2.24, 2.45) is 5.41 Å². The molecule has 0 rings (SSSR count). The molecular formula is C9H17NO2. The lowest BCUT2D eigenvalue weighted by Crippen LogP contribution is -2.20. The predicted molar refractivity (Wildman–Crippen MR) is 48.8 cm³/mol. The Labute approximate surface area is 73.8 Å². The molecule has 0 aliphatic carbocycles. The van der Waals surface area contributed by atoms with Crippen LogP contribution in [0.1, 0.15) is 27.2 Å². The third-order valence-electron chi connectivity index (χ3n) is 1.31. The zero-order valence-electron chi connectivity index (χ0n) is 8.02. The molecule has 0 spiro atoms. The summed E-state index contributed by atoms with van der Waals surface area (Å²) < 4.78 is 4.84. The van der Waals surface area contributed by atoms with Crippen molar-refractivity contribution in [2.45, 2.75) is 27.2 Å². The summed E-state index contributed by atoms with van der Waals surface area (Å²) in [5.41, 5.74) is 0.203. The molecule has 0 saturated carbocycles. The fourth-order valence-electron chi connectivity index (χ4n) is 0.575. The summed E-state index contributed by atoms with van der Waals surface area (Å²) >= 11 is 0. The van der Waals surface area contributed by atoms with E-state index in [0.717, 1.165) is 6.42 Å². The van der Waals surface area contributed by atoms with Crippen molar-refractivity contribution in [3.8, 4) is 0 Å². The highest BCUT2D eigenvalue weighted by molar-refractivity contribution is 5.68. The number of carbonyl (C=O) groups excluding carboxylic acids is 1. The van der Waals surface area contributed by atoms with Crippen molar-refractivity contribution in [3.63, 3.8) is 0 Å². The lowest BCUT2D eigenvalue weighted by molar-refractivity contribution is 0.135. The van der Waals surface area contributed by atoms with Gasteiger partial charge in [0.25, 0.3) is 0 Å². The monoisotopic (exact) mass is 171 g/mol. The average molecular weight is 171 g/mol. The van der Waals surface area contributed by atoms with Crippen LogP contribution < -0.4 is 5.32 Å². The van der Waals surface area contributed by atoms with Crippen LogP contribution in [0.15, 0.2) is 12.8 Å². The van der Waals surface area contributed by atoms with Crippen LogP contribution in [0.25, 0.3) is 0 Å². The molecule has 0 aromatic rings. The molecule has 0 bridgehead atoms. The Hall–Kier alpha value is -0.990. The third kappa shape index (κ3) is 7.12. The van der Waals surface area contributed by atoms with E-state index in [1.807, 2.05) is 0 Å². The van der Waals surface area contributed by atoms with Crippen molar-refractivity contribution < 1.29 is 9.53 Å². The standard InChI is InChI=1S/C9H17NO2/c1-5-10-8(11)12-7-6-9(2,3)4/h5H,1,6-7H2,2-4H3,(H,10,11). The molecule has 3 heteroatoms. The fourth-order valence-corrected chi connectivity index (χ4v) is 0.575. The van der Waals surface area contributed by atoms with Crippen LogP contribution in [0.5, 0.6) is 0 Å². The Balaban J connectivity index is 3.43. The van der Waals surface area contributed by atoms with E-state index in [1.165, 1.54) is 6.20 Å². The van der Waals surface area contributed by atoms with Gasteiger partial charge in [0.2, 0.25) is 0 Å². The zero-order valence-corrected chi connectivity index (χ0v) is 8.02. The summed E-state index contributed by atoms with van der Waals surface area (Å²) in [6.07, 6.45) is 1.73. The van der Waals surface area contributed by atoms with Crippen LogP contribution in [-0.4, -0.2) is 12.7 Å². The van der Waals surface area contributed by atoms with Crippen molar-refractivity contribution in [3.05, 3.63) is 12.8 Å². The van der Waals surface area contributed by atoms with Gasteiger partial charge >= 0.3 is 6.09 Å². The van der Waals surface area contributed by atoms with Crippen LogP contribution in [-0.2, 0) is 4.74 Å². The first-order valence-electron chi connectivity index (χ1n) is 4.00. The second-order valence-electron chi connectivity index (χ2n) is 3.80. The molecule has 0 unspecified atom stereocenters. The van der Waals surface area contributed by atoms with Gasteiger partial charge in [0.05, 0.1) is 6.61 Å². The maximum absolute atomic E-state index is 10.7. The van der Waals surface area contributed by atoms with E-state index < -0.39 is 6.09 Å². The zero-order chi connectivity index (χ0) is 9.61. The van der Waals surface area contributed by atoms with Crippen molar-refractivity contribution in [1.82, 2.24) is 5.32 Å². The Bertz CT molecular complexity index is 158. The van der Waals surface area contributed by atoms with Gasteiger partial charge < -0.3 is 4.74 Å². The van der Waals surface area contributed by atoms with E-state index in [-0.39, 0.29) is 5.41 Å². The van der Waals surface area contributed by atoms with Crippen LogP contribution in [0.3, 0.4) is 0 Å². The number of carbonyl (C=O) groups is 1. The summed E-state index contributed by atoms with van der Waals surface area (Å²) in [7, 11) is 0. The fraction of sp³-hybridized carbons (Fsp3) is 0.667. The summed E-state index contributed by atoms with van der Waals surface area (Å²) in [5, 5.41) is 2.33. The first-order valence-corrected chi connectivity index (χ1v) is 4.00. The number of amides is 1. The lowest BCUT2D eigenvalue weighted by Gasteiger charge is -2.17. The molecule has 0 aromatic heterocycles. The number of alkyl carbamates (subject to hydrolysis) is 1. The minimum Gasteiger partial charge on any atom is -0.449 e. The Morgan fingerprint density at radius 3 is 2.58 bits per heavy atom. The SMILES string of the molecule is C=CNC(=O)OCCC(C)(C)C. The van der Waals surface area contributed by atoms with E-state index in [2.05, 4.69) is 32.7 Å². The van der Waals surface area contributed by atoms with Crippen molar-refractivity contribution in [1.29, 1.82) is 0 Å². The predicted octanol–water partition coefficient (Wildman–Crippen LogP) is 2.29. The van der Waals surface area contributed by atoms with E-state index in [9.17, 15) is 4.79 Å². The normalized spacial score (nSPS) is 10.6. The smallest absolute Gasteiger partial charge is 0.411 e. The Morgan fingerprint density at radius 2 is 2.17 bits per heavy atom. The second kappa shape index (κ2) is 4.80. The van der Waals surface area contributed by atoms with Crippen LogP contribution in [0.4, 0.5) is 4.79 Å². The van der Waals surface area contributed by atoms with Gasteiger partial charge in [-0.2, -0.15) is 0 Å². The van der Waals surface area contributed by atoms with Crippen LogP contribution in [0, 0.1) is 5.41 Å². The molecule has 0 radical (unpaired) electrons. The summed E-state index contributed by atoms with van der Waals surface area (Å²) in [4.78, 5) is 10.7. The van der Waals surface area contributed by atoms with Gasteiger partial charge in [0, 0.05) is 0 Å². The van der Waals surface area contributed by atoms with Crippen molar-refractivity contribution in [2.75, 3.05) is 6.61 Å². The number of rotatable bonds is 3. The summed E-state index contributed by atoms with van der Waals surface area (Å²) in [5.74, 6) is 0. The minimum absolute atomic E-state index is 0.203. The van der Waals surface area contributed by atoms with Gasteiger partial charge in [-0.15, -0.1) is 0 Å². The molecule has 0 aromatic carbocycles. The highest BCUT2D eigenvalue weighted by Gasteiger charge is 2.10. The molecule has 0 heterocycles. The molecule has 12 heavy (non-hydrogen) atoms. The number of hydrogen-bond acceptors (Lipinski definition) is 2. The highest BCUT2D eigenvalue weighted by atomic mass is 16.5. The molecule has 0 saturated heterocycles. The van der Waals surface area contributed by atoms with Crippen LogP contribution in [0.2, 0.25) is 0 Å². The second-order valence-corrected chi connectivity index (χ2v) is 3.80. The first-order chi connectivity index (χ1) is 5.45. The molecule has 0 aliphatic heterocycles. The van der Waals surface area contributed by atoms with Crippen LogP contribution >= 0.6 is 0 Å². The topological polar surface area (TPSA) is 38.3 Å². The molecule has 0 fully saturated rings. The van der Waals surface area contributed by atoms with Gasteiger partial charge in [-0.3, -0.25) is 5.32 Å². The number of hydrogen-bond donors (Lipinski definition) is 1. The average Bonchev–Trinajstić information content (AvgIpc) is 1.84. The highest BCUT2D eigenvalue weighted by Crippen LogP contribution is 2.17. The number of nitrogens with one attached hydrogen (secondary N) is 1. The number of ether oxygens (including phenoxy) is 1. The van der Waals surface area contributed by atoms with Gasteiger partial charge in [-0.1, -0.05) is 27.4 Å². The first kappa shape index (κ1) is 11.0. The molecule has 1 N–H and O–H groups in total. The van der Waals surface area contributed by atoms with E-state index in [0.29, 0.717) is 6.61 Å². The molecule has 0 aliphatic rings. The molecule has 70 valence electrons. The van der Waals surface area contributed by atoms with E-state index >= 15 is 0 Å². The van der Waals surface area contributed by atoms with E-state index in [4.69, 9.17) is 4.74 Å². The lowest BCUT2D eigenvalue weighted by atomic mass is 9.93. The maximum Gasteiger partial charge on any atom is 0.411 e. The van der Waals surface area contributed by atoms with E-state index in [1.54, 1.807) is 0 Å². The molecule has 1 amide bonds. The third-order valence-corrected chi connectivity index (χ3v) is 1.31. The maximum atomic E-state index is 10.7. The Kier molecular flexibility index (Phi) is 4.40. The van der Waals surface area contributed by atoms with Gasteiger partial charge in [-0.25, -0.2) is 4.79 Å². The van der Waals surface area contributed by atoms with Gasteiger partial charge in [0.15, 0.2) is 0 Å². The Morgan fingerprint density at radius 1 is 1.58 bits per heavy atom. The van der Waals surface area contributed by atoms with Gasteiger partial charge in [0.1, 0.15) is 0 Å². The molecule has 0 atom stereocenters. The largest absolute Gasteiger partial charge is 0.449 e. The van der Waals surface area contributed by atoms with Gasteiger partial charge in [-0.05, 0) is 18.0 Å². The summed E-state index contributed by atoms with van der Waals surface area (Å²) in [6.45, 7) is 10.1. The minimum atomic E-state index is -0.436. The quantitative estimate of drug-likeness (QED) is 0.707. The summed E-state index contributed by atoms with van der Waals surface area (Å²) in [6, 6.07) is 0. The molecular weight excluding hydrogens is 154 g/mol. The van der Waals surface area contributed by atoms with Crippen molar-refractivity contribution >= 4 is 6.09 Å².